The lowest BCUT2D eigenvalue weighted by molar-refractivity contribution is -0.136. The van der Waals surface area contributed by atoms with Crippen molar-refractivity contribution < 1.29 is 9.59 Å². The Kier molecular flexibility index (Phi) is 5.97. The van der Waals surface area contributed by atoms with E-state index in [4.69, 9.17) is 0 Å². The second-order valence-corrected chi connectivity index (χ2v) is 6.46. The SMILES string of the molecule is CSCc1ccc(NC(=O)C(=O)NCc2nc(C)cs2)cc1. The molecule has 0 aliphatic carbocycles. The van der Waals surface area contributed by atoms with Crippen molar-refractivity contribution >= 4 is 40.6 Å². The van der Waals surface area contributed by atoms with Crippen LogP contribution in [0.3, 0.4) is 0 Å². The number of hydrogen-bond donors (Lipinski definition) is 2. The lowest BCUT2D eigenvalue weighted by atomic mass is 10.2. The van der Waals surface area contributed by atoms with Crippen molar-refractivity contribution in [1.29, 1.82) is 0 Å². The molecule has 2 N–H and O–H groups in total. The molecule has 0 aliphatic heterocycles. The van der Waals surface area contributed by atoms with E-state index in [0.29, 0.717) is 5.69 Å². The normalized spacial score (nSPS) is 10.3. The number of hydrogen-bond acceptors (Lipinski definition) is 5. The topological polar surface area (TPSA) is 71.1 Å². The maximum atomic E-state index is 11.8. The van der Waals surface area contributed by atoms with Crippen LogP contribution in [0.15, 0.2) is 29.6 Å². The highest BCUT2D eigenvalue weighted by atomic mass is 32.2. The third kappa shape index (κ3) is 4.85. The summed E-state index contributed by atoms with van der Waals surface area (Å²) in [5, 5.41) is 7.81. The fourth-order valence-corrected chi connectivity index (χ4v) is 3.00. The summed E-state index contributed by atoms with van der Waals surface area (Å²) in [7, 11) is 0. The average Bonchev–Trinajstić information content (AvgIpc) is 2.92. The van der Waals surface area contributed by atoms with Crippen LogP contribution in [0.2, 0.25) is 0 Å². The van der Waals surface area contributed by atoms with E-state index in [9.17, 15) is 9.59 Å². The van der Waals surface area contributed by atoms with Gasteiger partial charge in [0, 0.05) is 22.5 Å². The van der Waals surface area contributed by atoms with Gasteiger partial charge < -0.3 is 10.6 Å². The van der Waals surface area contributed by atoms with Gasteiger partial charge in [0.25, 0.3) is 0 Å². The highest BCUT2D eigenvalue weighted by Crippen LogP contribution is 2.13. The van der Waals surface area contributed by atoms with Gasteiger partial charge in [-0.3, -0.25) is 9.59 Å². The van der Waals surface area contributed by atoms with E-state index >= 15 is 0 Å². The average molecular weight is 335 g/mol. The largest absolute Gasteiger partial charge is 0.341 e. The van der Waals surface area contributed by atoms with Crippen molar-refractivity contribution in [3.05, 3.63) is 45.9 Å². The van der Waals surface area contributed by atoms with Crippen LogP contribution >= 0.6 is 23.1 Å². The zero-order valence-electron chi connectivity index (χ0n) is 12.4. The molecular formula is C15H17N3O2S2. The lowest BCUT2D eigenvalue weighted by Gasteiger charge is -2.06. The van der Waals surface area contributed by atoms with Gasteiger partial charge in [-0.1, -0.05) is 12.1 Å². The highest BCUT2D eigenvalue weighted by molar-refractivity contribution is 7.97. The quantitative estimate of drug-likeness (QED) is 0.824. The number of thiazole rings is 1. The molecule has 2 aromatic rings. The molecule has 2 rings (SSSR count). The molecule has 7 heteroatoms. The Labute approximate surface area is 137 Å². The van der Waals surface area contributed by atoms with Crippen molar-refractivity contribution in [2.75, 3.05) is 11.6 Å². The van der Waals surface area contributed by atoms with Gasteiger partial charge in [-0.2, -0.15) is 11.8 Å². The first kappa shape index (κ1) is 16.5. The molecule has 0 radical (unpaired) electrons. The number of nitrogens with one attached hydrogen (secondary N) is 2. The van der Waals surface area contributed by atoms with Crippen LogP contribution in [0.5, 0.6) is 0 Å². The van der Waals surface area contributed by atoms with Gasteiger partial charge in [-0.25, -0.2) is 4.98 Å². The minimum Gasteiger partial charge on any atom is -0.341 e. The third-order valence-corrected chi connectivity index (χ3v) is 4.38. The van der Waals surface area contributed by atoms with Crippen molar-refractivity contribution in [1.82, 2.24) is 10.3 Å². The van der Waals surface area contributed by atoms with E-state index in [1.807, 2.05) is 30.7 Å². The number of aryl methyl sites for hydroxylation is 1. The van der Waals surface area contributed by atoms with Crippen molar-refractivity contribution in [3.8, 4) is 0 Å². The maximum absolute atomic E-state index is 11.8. The maximum Gasteiger partial charge on any atom is 0.313 e. The number of carbonyl (C=O) groups excluding carboxylic acids is 2. The van der Waals surface area contributed by atoms with Crippen molar-refractivity contribution in [2.24, 2.45) is 0 Å². The summed E-state index contributed by atoms with van der Waals surface area (Å²) in [4.78, 5) is 27.8. The molecule has 0 spiro atoms. The summed E-state index contributed by atoms with van der Waals surface area (Å²) in [6.45, 7) is 2.15. The van der Waals surface area contributed by atoms with Crippen LogP contribution in [-0.4, -0.2) is 23.1 Å². The second kappa shape index (κ2) is 7.95. The van der Waals surface area contributed by atoms with Crippen LogP contribution in [0.25, 0.3) is 0 Å². The highest BCUT2D eigenvalue weighted by Gasteiger charge is 2.13. The van der Waals surface area contributed by atoms with Gasteiger partial charge in [-0.15, -0.1) is 11.3 Å². The Balaban J connectivity index is 1.84. The Hall–Kier alpha value is -1.86. The lowest BCUT2D eigenvalue weighted by Crippen LogP contribution is -2.34. The summed E-state index contributed by atoms with van der Waals surface area (Å²) in [6.07, 6.45) is 2.03. The van der Waals surface area contributed by atoms with Gasteiger partial charge in [0.1, 0.15) is 5.01 Å². The number of carbonyl (C=O) groups is 2. The molecule has 0 aliphatic rings. The number of nitrogens with zero attached hydrogens (tertiary/aromatic N) is 1. The van der Waals surface area contributed by atoms with Crippen molar-refractivity contribution in [3.63, 3.8) is 0 Å². The van der Waals surface area contributed by atoms with E-state index in [0.717, 1.165) is 16.5 Å². The van der Waals surface area contributed by atoms with Crippen LogP contribution < -0.4 is 10.6 Å². The number of aromatic nitrogens is 1. The third-order valence-electron chi connectivity index (χ3n) is 2.80. The molecule has 0 saturated heterocycles. The first-order chi connectivity index (χ1) is 10.6. The molecular weight excluding hydrogens is 318 g/mol. The molecule has 0 unspecified atom stereocenters. The number of thioether (sulfide) groups is 1. The van der Waals surface area contributed by atoms with Gasteiger partial charge in [0.05, 0.1) is 6.54 Å². The van der Waals surface area contributed by atoms with E-state index in [1.54, 1.807) is 23.9 Å². The molecule has 5 nitrogen and oxygen atoms in total. The van der Waals surface area contributed by atoms with Gasteiger partial charge >= 0.3 is 11.8 Å². The molecule has 1 heterocycles. The molecule has 116 valence electrons. The Bertz CT molecular complexity index is 653. The van der Waals surface area contributed by atoms with Crippen LogP contribution in [-0.2, 0) is 21.9 Å². The van der Waals surface area contributed by atoms with E-state index in [-0.39, 0.29) is 6.54 Å². The zero-order valence-corrected chi connectivity index (χ0v) is 14.0. The van der Waals surface area contributed by atoms with E-state index < -0.39 is 11.8 Å². The Morgan fingerprint density at radius 1 is 1.23 bits per heavy atom. The Morgan fingerprint density at radius 3 is 2.55 bits per heavy atom. The Morgan fingerprint density at radius 2 is 1.95 bits per heavy atom. The summed E-state index contributed by atoms with van der Waals surface area (Å²) < 4.78 is 0. The first-order valence-electron chi connectivity index (χ1n) is 6.66. The number of benzene rings is 1. The molecule has 2 amide bonds. The predicted octanol–water partition coefficient (Wildman–Crippen LogP) is 2.57. The minimum atomic E-state index is -0.675. The minimum absolute atomic E-state index is 0.261. The monoisotopic (exact) mass is 335 g/mol. The van der Waals surface area contributed by atoms with E-state index in [1.165, 1.54) is 16.9 Å². The van der Waals surface area contributed by atoms with Crippen LogP contribution in [0.4, 0.5) is 5.69 Å². The fraction of sp³-hybridized carbons (Fsp3) is 0.267. The second-order valence-electron chi connectivity index (χ2n) is 4.65. The van der Waals surface area contributed by atoms with E-state index in [2.05, 4.69) is 15.6 Å². The van der Waals surface area contributed by atoms with Gasteiger partial charge in [0.2, 0.25) is 0 Å². The number of anilines is 1. The van der Waals surface area contributed by atoms with Crippen molar-refractivity contribution in [2.45, 2.75) is 19.2 Å². The first-order valence-corrected chi connectivity index (χ1v) is 8.94. The standard InChI is InChI=1S/C15H17N3O2S2/c1-10-8-22-13(17-10)7-16-14(19)15(20)18-12-5-3-11(4-6-12)9-21-2/h3-6,8H,7,9H2,1-2H3,(H,16,19)(H,18,20). The summed E-state index contributed by atoms with van der Waals surface area (Å²) >= 11 is 3.18. The molecule has 0 saturated carbocycles. The fourth-order valence-electron chi connectivity index (χ4n) is 1.76. The summed E-state index contributed by atoms with van der Waals surface area (Å²) in [5.74, 6) is -0.422. The number of rotatable bonds is 5. The molecule has 22 heavy (non-hydrogen) atoms. The van der Waals surface area contributed by atoms with Crippen LogP contribution in [0, 0.1) is 6.92 Å². The molecule has 0 atom stereocenters. The van der Waals surface area contributed by atoms with Gasteiger partial charge in [-0.05, 0) is 30.9 Å². The molecule has 0 fully saturated rings. The summed E-state index contributed by atoms with van der Waals surface area (Å²) in [6, 6.07) is 7.45. The van der Waals surface area contributed by atoms with Gasteiger partial charge in [0.15, 0.2) is 0 Å². The number of amides is 2. The summed E-state index contributed by atoms with van der Waals surface area (Å²) in [5.41, 5.74) is 2.69. The molecule has 1 aromatic carbocycles. The molecule has 1 aromatic heterocycles. The predicted molar refractivity (Wildman–Crippen MR) is 91.0 cm³/mol. The van der Waals surface area contributed by atoms with Crippen LogP contribution in [0.1, 0.15) is 16.3 Å². The smallest absolute Gasteiger partial charge is 0.313 e. The molecule has 0 bridgehead atoms. The zero-order chi connectivity index (χ0) is 15.9.